The van der Waals surface area contributed by atoms with E-state index in [0.29, 0.717) is 10.9 Å². The van der Waals surface area contributed by atoms with Crippen LogP contribution < -0.4 is 0 Å². The Hall–Kier alpha value is -1.37. The quantitative estimate of drug-likeness (QED) is 0.863. The fraction of sp³-hybridized carbons (Fsp3) is 0.333. The van der Waals surface area contributed by atoms with E-state index in [2.05, 4.69) is 0 Å². The Balaban J connectivity index is 2.05. The van der Waals surface area contributed by atoms with Gasteiger partial charge in [0.15, 0.2) is 6.04 Å². The fourth-order valence-electron chi connectivity index (χ4n) is 1.74. The van der Waals surface area contributed by atoms with Gasteiger partial charge in [-0.25, -0.2) is 4.79 Å². The van der Waals surface area contributed by atoms with Gasteiger partial charge in [0.1, 0.15) is 0 Å². The average molecular weight is 302 g/mol. The second-order valence-corrected chi connectivity index (χ2v) is 5.68. The van der Waals surface area contributed by atoms with E-state index in [1.54, 1.807) is 18.2 Å². The Kier molecular flexibility index (Phi) is 4.57. The van der Waals surface area contributed by atoms with Crippen LogP contribution in [-0.2, 0) is 14.3 Å². The maximum absolute atomic E-state index is 12.0. The van der Waals surface area contributed by atoms with Crippen molar-refractivity contribution < 1.29 is 19.4 Å². The van der Waals surface area contributed by atoms with E-state index in [4.69, 9.17) is 21.4 Å². The fourth-order valence-corrected chi connectivity index (χ4v) is 2.70. The Morgan fingerprint density at radius 2 is 2.32 bits per heavy atom. The summed E-state index contributed by atoms with van der Waals surface area (Å²) in [7, 11) is 0. The minimum absolute atomic E-state index is 0.0275. The molecule has 1 aromatic heterocycles. The summed E-state index contributed by atoms with van der Waals surface area (Å²) in [6.45, 7) is 0.666. The summed E-state index contributed by atoms with van der Waals surface area (Å²) in [5, 5.41) is 9.03. The molecule has 19 heavy (non-hydrogen) atoms. The Labute approximate surface area is 119 Å². The number of hydrogen-bond acceptors (Lipinski definition) is 4. The first-order valence-electron chi connectivity index (χ1n) is 5.62. The smallest absolute Gasteiger partial charge is 0.328 e. The molecule has 1 fully saturated rings. The summed E-state index contributed by atoms with van der Waals surface area (Å²) in [4.78, 5) is 25.2. The lowest BCUT2D eigenvalue weighted by molar-refractivity contribution is -0.156. The van der Waals surface area contributed by atoms with Crippen LogP contribution in [0.3, 0.4) is 0 Å². The predicted molar refractivity (Wildman–Crippen MR) is 72.3 cm³/mol. The molecule has 102 valence electrons. The van der Waals surface area contributed by atoms with Crippen LogP contribution in [-0.4, -0.2) is 47.7 Å². The molecule has 0 aromatic carbocycles. The van der Waals surface area contributed by atoms with Gasteiger partial charge in [-0.15, -0.1) is 11.3 Å². The lowest BCUT2D eigenvalue weighted by Gasteiger charge is -2.31. The number of thiophene rings is 1. The highest BCUT2D eigenvalue weighted by Gasteiger charge is 2.31. The van der Waals surface area contributed by atoms with Gasteiger partial charge in [-0.2, -0.15) is 0 Å². The summed E-state index contributed by atoms with van der Waals surface area (Å²) in [5.74, 6) is -1.39. The lowest BCUT2D eigenvalue weighted by atomic mass is 10.2. The van der Waals surface area contributed by atoms with Gasteiger partial charge in [0.05, 0.1) is 17.6 Å². The van der Waals surface area contributed by atoms with E-state index in [1.807, 2.05) is 0 Å². The average Bonchev–Trinajstić information content (AvgIpc) is 2.81. The van der Waals surface area contributed by atoms with Crippen molar-refractivity contribution in [2.45, 2.75) is 6.04 Å². The molecule has 1 N–H and O–H groups in total. The summed E-state index contributed by atoms with van der Waals surface area (Å²) in [6.07, 6.45) is 3.00. The monoisotopic (exact) mass is 301 g/mol. The molecule has 1 aromatic rings. The van der Waals surface area contributed by atoms with Crippen molar-refractivity contribution in [3.63, 3.8) is 0 Å². The number of carboxylic acids is 1. The van der Waals surface area contributed by atoms with Crippen molar-refractivity contribution in [3.05, 3.63) is 27.4 Å². The summed E-state index contributed by atoms with van der Waals surface area (Å²) in [5.41, 5.74) is 0. The number of morpholine rings is 1. The van der Waals surface area contributed by atoms with Gasteiger partial charge in [0.25, 0.3) is 0 Å². The van der Waals surface area contributed by atoms with Crippen molar-refractivity contribution >= 4 is 40.9 Å². The molecule has 2 rings (SSSR count). The molecule has 1 aliphatic rings. The molecule has 0 aliphatic carbocycles. The lowest BCUT2D eigenvalue weighted by Crippen LogP contribution is -2.52. The standard InChI is InChI=1S/C12H12ClNO4S/c13-10-3-1-8(19-10)2-4-11(15)14-5-6-18-7-9(14)12(16)17/h1-4,9H,5-7H2,(H,16,17)/b4-2+. The number of ether oxygens (including phenoxy) is 1. The summed E-state index contributed by atoms with van der Waals surface area (Å²) >= 11 is 7.13. The van der Waals surface area contributed by atoms with Crippen molar-refractivity contribution in [2.24, 2.45) is 0 Å². The molecule has 0 radical (unpaired) electrons. The molecule has 0 saturated carbocycles. The van der Waals surface area contributed by atoms with Crippen LogP contribution in [0.25, 0.3) is 6.08 Å². The van der Waals surface area contributed by atoms with Crippen LogP contribution in [0.15, 0.2) is 18.2 Å². The zero-order chi connectivity index (χ0) is 13.8. The van der Waals surface area contributed by atoms with Gasteiger partial charge in [-0.3, -0.25) is 4.79 Å². The van der Waals surface area contributed by atoms with Gasteiger partial charge < -0.3 is 14.7 Å². The van der Waals surface area contributed by atoms with Crippen LogP contribution in [0, 0.1) is 0 Å². The summed E-state index contributed by atoms with van der Waals surface area (Å²) in [6, 6.07) is 2.62. The molecule has 0 bridgehead atoms. The first kappa shape index (κ1) is 14.0. The largest absolute Gasteiger partial charge is 0.480 e. The van der Waals surface area contributed by atoms with Gasteiger partial charge in [-0.1, -0.05) is 11.6 Å². The third-order valence-corrected chi connectivity index (χ3v) is 3.88. The molecule has 0 spiro atoms. The van der Waals surface area contributed by atoms with E-state index >= 15 is 0 Å². The number of halogens is 1. The van der Waals surface area contributed by atoms with Crippen LogP contribution in [0.2, 0.25) is 4.34 Å². The highest BCUT2D eigenvalue weighted by atomic mass is 35.5. The first-order chi connectivity index (χ1) is 9.08. The summed E-state index contributed by atoms with van der Waals surface area (Å²) < 4.78 is 5.72. The van der Waals surface area contributed by atoms with E-state index in [-0.39, 0.29) is 19.1 Å². The van der Waals surface area contributed by atoms with E-state index < -0.39 is 12.0 Å². The van der Waals surface area contributed by atoms with Crippen molar-refractivity contribution in [1.29, 1.82) is 0 Å². The third kappa shape index (κ3) is 3.56. The number of rotatable bonds is 3. The Morgan fingerprint density at radius 3 is 2.95 bits per heavy atom. The van der Waals surface area contributed by atoms with Gasteiger partial charge in [-0.05, 0) is 18.2 Å². The first-order valence-corrected chi connectivity index (χ1v) is 6.82. The minimum atomic E-state index is -1.05. The zero-order valence-corrected chi connectivity index (χ0v) is 11.5. The third-order valence-electron chi connectivity index (χ3n) is 2.68. The predicted octanol–water partition coefficient (Wildman–Crippen LogP) is 1.73. The highest BCUT2D eigenvalue weighted by Crippen LogP contribution is 2.22. The van der Waals surface area contributed by atoms with Crippen LogP contribution in [0.1, 0.15) is 4.88 Å². The van der Waals surface area contributed by atoms with Gasteiger partial charge >= 0.3 is 5.97 Å². The van der Waals surface area contributed by atoms with Gasteiger partial charge in [0, 0.05) is 17.5 Å². The number of aliphatic carboxylic acids is 1. The van der Waals surface area contributed by atoms with Crippen LogP contribution >= 0.6 is 22.9 Å². The SMILES string of the molecule is O=C(O)C1COCCN1C(=O)/C=C/c1ccc(Cl)s1. The van der Waals surface area contributed by atoms with Crippen molar-refractivity contribution in [3.8, 4) is 0 Å². The second-order valence-electron chi connectivity index (χ2n) is 3.94. The molecule has 1 atom stereocenters. The normalized spacial score (nSPS) is 19.8. The Bertz CT molecular complexity index is 514. The van der Waals surface area contributed by atoms with E-state index in [1.165, 1.54) is 22.3 Å². The number of hydrogen-bond donors (Lipinski definition) is 1. The molecule has 1 aliphatic heterocycles. The molecule has 1 unspecified atom stereocenters. The molecule has 7 heteroatoms. The Morgan fingerprint density at radius 1 is 1.53 bits per heavy atom. The highest BCUT2D eigenvalue weighted by molar-refractivity contribution is 7.17. The molecule has 1 amide bonds. The number of nitrogens with zero attached hydrogens (tertiary/aromatic N) is 1. The van der Waals surface area contributed by atoms with Crippen LogP contribution in [0.4, 0.5) is 0 Å². The van der Waals surface area contributed by atoms with E-state index in [9.17, 15) is 9.59 Å². The number of carboxylic acid groups (broad SMARTS) is 1. The number of amides is 1. The molecule has 5 nitrogen and oxygen atoms in total. The van der Waals surface area contributed by atoms with Crippen LogP contribution in [0.5, 0.6) is 0 Å². The zero-order valence-electron chi connectivity index (χ0n) is 9.91. The number of carbonyl (C=O) groups is 2. The van der Waals surface area contributed by atoms with Gasteiger partial charge in [0.2, 0.25) is 5.91 Å². The molecule has 1 saturated heterocycles. The topological polar surface area (TPSA) is 66.8 Å². The molecular formula is C12H12ClNO4S. The molecule has 2 heterocycles. The minimum Gasteiger partial charge on any atom is -0.480 e. The number of carbonyl (C=O) groups excluding carboxylic acids is 1. The maximum atomic E-state index is 12.0. The van der Waals surface area contributed by atoms with Crippen molar-refractivity contribution in [2.75, 3.05) is 19.8 Å². The van der Waals surface area contributed by atoms with E-state index in [0.717, 1.165) is 4.88 Å². The maximum Gasteiger partial charge on any atom is 0.328 e. The van der Waals surface area contributed by atoms with Crippen molar-refractivity contribution in [1.82, 2.24) is 4.90 Å². The molecular weight excluding hydrogens is 290 g/mol. The second kappa shape index (κ2) is 6.18.